The van der Waals surface area contributed by atoms with E-state index in [0.29, 0.717) is 26.4 Å². The molecule has 5 nitrogen and oxygen atoms in total. The first kappa shape index (κ1) is 27.0. The molecule has 5 rings (SSSR count). The Morgan fingerprint density at radius 1 is 0.462 bits per heavy atom. The van der Waals surface area contributed by atoms with Gasteiger partial charge in [-0.25, -0.2) is 0 Å². The van der Waals surface area contributed by atoms with E-state index < -0.39 is 24.4 Å². The molecule has 0 aliphatic heterocycles. The van der Waals surface area contributed by atoms with Gasteiger partial charge in [0, 0.05) is 6.42 Å². The summed E-state index contributed by atoms with van der Waals surface area (Å²) < 4.78 is 25.6. The number of benzene rings is 4. The van der Waals surface area contributed by atoms with Gasteiger partial charge in [-0.2, -0.15) is 0 Å². The lowest BCUT2D eigenvalue weighted by Crippen LogP contribution is -2.57. The number of rotatable bonds is 12. The van der Waals surface area contributed by atoms with Gasteiger partial charge in [0.15, 0.2) is 5.78 Å². The van der Waals surface area contributed by atoms with E-state index in [1.54, 1.807) is 0 Å². The highest BCUT2D eigenvalue weighted by molar-refractivity contribution is 5.85. The van der Waals surface area contributed by atoms with Gasteiger partial charge >= 0.3 is 0 Å². The van der Waals surface area contributed by atoms with Crippen LogP contribution in [0.15, 0.2) is 121 Å². The molecule has 0 radical (unpaired) electrons. The first-order valence-corrected chi connectivity index (χ1v) is 13.4. The smallest absolute Gasteiger partial charge is 0.167 e. The summed E-state index contributed by atoms with van der Waals surface area (Å²) in [6, 6.07) is 39.8. The molecule has 0 spiro atoms. The molecule has 4 atom stereocenters. The average Bonchev–Trinajstić information content (AvgIpc) is 3.00. The summed E-state index contributed by atoms with van der Waals surface area (Å²) in [5.41, 5.74) is 4.09. The molecule has 4 aromatic rings. The molecular formula is C34H34O5. The van der Waals surface area contributed by atoms with Crippen LogP contribution in [0.2, 0.25) is 0 Å². The Labute approximate surface area is 230 Å². The van der Waals surface area contributed by atoms with Crippen molar-refractivity contribution in [3.8, 4) is 0 Å². The van der Waals surface area contributed by atoms with Gasteiger partial charge in [-0.1, -0.05) is 121 Å². The van der Waals surface area contributed by atoms with E-state index in [1.165, 1.54) is 0 Å². The lowest BCUT2D eigenvalue weighted by molar-refractivity contribution is -0.210. The predicted octanol–water partition coefficient (Wildman–Crippen LogP) is 6.30. The van der Waals surface area contributed by atoms with Crippen molar-refractivity contribution in [1.82, 2.24) is 0 Å². The fraction of sp³-hybridized carbons (Fsp3) is 0.265. The number of ether oxygens (including phenoxy) is 4. The van der Waals surface area contributed by atoms with E-state index in [0.717, 1.165) is 22.3 Å². The van der Waals surface area contributed by atoms with Crippen LogP contribution < -0.4 is 0 Å². The number of hydrogen-bond acceptors (Lipinski definition) is 5. The average molecular weight is 523 g/mol. The molecule has 4 aromatic carbocycles. The van der Waals surface area contributed by atoms with Crippen molar-refractivity contribution in [2.75, 3.05) is 0 Å². The Balaban J connectivity index is 1.39. The van der Waals surface area contributed by atoms with Crippen molar-refractivity contribution in [3.05, 3.63) is 144 Å². The lowest BCUT2D eigenvalue weighted by Gasteiger charge is -2.41. The van der Waals surface area contributed by atoms with Crippen molar-refractivity contribution in [1.29, 1.82) is 0 Å². The minimum atomic E-state index is -0.772. The fourth-order valence-electron chi connectivity index (χ4n) is 4.79. The van der Waals surface area contributed by atoms with Gasteiger partial charge in [0.2, 0.25) is 0 Å². The summed E-state index contributed by atoms with van der Waals surface area (Å²) in [4.78, 5) is 13.5. The van der Waals surface area contributed by atoms with Crippen LogP contribution in [0.3, 0.4) is 0 Å². The minimum absolute atomic E-state index is 0.0402. The Kier molecular flexibility index (Phi) is 9.66. The summed E-state index contributed by atoms with van der Waals surface area (Å²) in [6.45, 7) is 1.40. The molecule has 0 N–H and O–H groups in total. The molecule has 0 aromatic heterocycles. The summed E-state index contributed by atoms with van der Waals surface area (Å²) in [7, 11) is 0. The summed E-state index contributed by atoms with van der Waals surface area (Å²) in [6.07, 6.45) is -2.20. The normalized spacial score (nSPS) is 21.1. The van der Waals surface area contributed by atoms with E-state index in [-0.39, 0.29) is 12.2 Å². The molecule has 0 saturated heterocycles. The molecule has 0 amide bonds. The van der Waals surface area contributed by atoms with Gasteiger partial charge in [0.25, 0.3) is 0 Å². The first-order valence-electron chi connectivity index (χ1n) is 13.4. The molecular weight excluding hydrogens is 488 g/mol. The van der Waals surface area contributed by atoms with E-state index in [4.69, 9.17) is 18.9 Å². The Morgan fingerprint density at radius 2 is 0.821 bits per heavy atom. The van der Waals surface area contributed by atoms with Crippen LogP contribution in [-0.2, 0) is 50.2 Å². The summed E-state index contributed by atoms with van der Waals surface area (Å²) in [5.74, 6) is -0.0402. The number of hydrogen-bond donors (Lipinski definition) is 0. The monoisotopic (exact) mass is 522 g/mol. The maximum atomic E-state index is 13.5. The molecule has 1 aliphatic carbocycles. The quantitative estimate of drug-likeness (QED) is 0.219. The number of carbonyl (C=O) groups is 1. The van der Waals surface area contributed by atoms with E-state index >= 15 is 0 Å². The molecule has 1 saturated carbocycles. The maximum Gasteiger partial charge on any atom is 0.167 e. The SMILES string of the molecule is O=C1C[C@H](OCc2ccccc2)[C@H](OCc2ccccc2)[C@@H](OCc2ccccc2)[C@@H]1OCc1ccccc1. The zero-order valence-electron chi connectivity index (χ0n) is 21.9. The molecule has 1 fully saturated rings. The third-order valence-corrected chi connectivity index (χ3v) is 6.86. The van der Waals surface area contributed by atoms with Gasteiger partial charge < -0.3 is 18.9 Å². The highest BCUT2D eigenvalue weighted by Gasteiger charge is 2.47. The Bertz CT molecular complexity index is 1260. The van der Waals surface area contributed by atoms with Gasteiger partial charge in [0.05, 0.1) is 32.5 Å². The molecule has 0 unspecified atom stereocenters. The standard InChI is InChI=1S/C34H34O5/c35-30-21-31(36-22-26-13-5-1-6-14-26)33(38-24-28-17-9-3-10-18-28)34(39-25-29-19-11-4-12-20-29)32(30)37-23-27-15-7-2-8-16-27/h1-20,31-34H,21-25H2/t31-,32+,33-,34-/m0/s1. The van der Waals surface area contributed by atoms with E-state index in [9.17, 15) is 4.79 Å². The lowest BCUT2D eigenvalue weighted by atomic mass is 9.87. The van der Waals surface area contributed by atoms with Crippen LogP contribution >= 0.6 is 0 Å². The number of ketones is 1. The zero-order chi connectivity index (χ0) is 26.7. The van der Waals surface area contributed by atoms with Crippen LogP contribution in [0.4, 0.5) is 0 Å². The highest BCUT2D eigenvalue weighted by atomic mass is 16.6. The van der Waals surface area contributed by atoms with Crippen LogP contribution in [0.25, 0.3) is 0 Å². The number of carbonyl (C=O) groups excluding carboxylic acids is 1. The second-order valence-corrected chi connectivity index (χ2v) is 9.75. The van der Waals surface area contributed by atoms with Crippen LogP contribution in [0.1, 0.15) is 28.7 Å². The third-order valence-electron chi connectivity index (χ3n) is 6.86. The van der Waals surface area contributed by atoms with E-state index in [2.05, 4.69) is 0 Å². The number of Topliss-reactive ketones (excluding diaryl/α,β-unsaturated/α-hetero) is 1. The van der Waals surface area contributed by atoms with Crippen LogP contribution in [-0.4, -0.2) is 30.2 Å². The van der Waals surface area contributed by atoms with Crippen molar-refractivity contribution < 1.29 is 23.7 Å². The first-order chi connectivity index (χ1) is 19.3. The van der Waals surface area contributed by atoms with Crippen molar-refractivity contribution in [3.63, 3.8) is 0 Å². The van der Waals surface area contributed by atoms with Gasteiger partial charge in [-0.3, -0.25) is 4.79 Å². The Hall–Kier alpha value is -3.61. The summed E-state index contributed by atoms with van der Waals surface area (Å²) in [5, 5.41) is 0. The van der Waals surface area contributed by atoms with E-state index in [1.807, 2.05) is 121 Å². The molecule has 5 heteroatoms. The van der Waals surface area contributed by atoms with Gasteiger partial charge in [0.1, 0.15) is 18.3 Å². The molecule has 1 aliphatic rings. The molecule has 200 valence electrons. The summed E-state index contributed by atoms with van der Waals surface area (Å²) >= 11 is 0. The maximum absolute atomic E-state index is 13.5. The van der Waals surface area contributed by atoms with Gasteiger partial charge in [-0.05, 0) is 22.3 Å². The second kappa shape index (κ2) is 14.0. The fourth-order valence-corrected chi connectivity index (χ4v) is 4.79. The molecule has 0 heterocycles. The molecule has 0 bridgehead atoms. The van der Waals surface area contributed by atoms with Gasteiger partial charge in [-0.15, -0.1) is 0 Å². The van der Waals surface area contributed by atoms with Crippen molar-refractivity contribution in [2.45, 2.75) is 57.3 Å². The van der Waals surface area contributed by atoms with Crippen molar-refractivity contribution >= 4 is 5.78 Å². The zero-order valence-corrected chi connectivity index (χ0v) is 21.9. The highest BCUT2D eigenvalue weighted by Crippen LogP contribution is 2.30. The molecule has 39 heavy (non-hydrogen) atoms. The third kappa shape index (κ3) is 7.71. The second-order valence-electron chi connectivity index (χ2n) is 9.75. The van der Waals surface area contributed by atoms with Crippen LogP contribution in [0.5, 0.6) is 0 Å². The van der Waals surface area contributed by atoms with Crippen LogP contribution in [0, 0.1) is 0 Å². The Morgan fingerprint density at radius 3 is 1.26 bits per heavy atom. The predicted molar refractivity (Wildman–Crippen MR) is 150 cm³/mol. The minimum Gasteiger partial charge on any atom is -0.370 e. The topological polar surface area (TPSA) is 54.0 Å². The van der Waals surface area contributed by atoms with Crippen molar-refractivity contribution in [2.24, 2.45) is 0 Å². The largest absolute Gasteiger partial charge is 0.370 e.